The minimum absolute atomic E-state index is 0.0694. The summed E-state index contributed by atoms with van der Waals surface area (Å²) < 4.78 is 22.4. The number of anilines is 2. The normalized spacial score (nSPS) is 22.2. The lowest BCUT2D eigenvalue weighted by Gasteiger charge is -2.37. The Bertz CT molecular complexity index is 1790. The first kappa shape index (κ1) is 34.9. The Labute approximate surface area is 303 Å². The van der Waals surface area contributed by atoms with E-state index in [1.54, 1.807) is 21.6 Å². The van der Waals surface area contributed by atoms with Gasteiger partial charge in [0.25, 0.3) is 0 Å². The van der Waals surface area contributed by atoms with Crippen molar-refractivity contribution in [2.24, 2.45) is 0 Å². The molecule has 4 heterocycles. The predicted octanol–water partition coefficient (Wildman–Crippen LogP) is 5.19. The molecular formula is C37H45Cl2N7O4. The zero-order chi connectivity index (χ0) is 34.7. The topological polar surface area (TPSA) is 89.3 Å². The first-order valence-electron chi connectivity index (χ1n) is 17.5. The second-order valence-electron chi connectivity index (χ2n) is 13.2. The molecule has 0 aliphatic carbocycles. The van der Waals surface area contributed by atoms with Crippen LogP contribution in [0.2, 0.25) is 10.0 Å². The van der Waals surface area contributed by atoms with Crippen LogP contribution < -0.4 is 25.5 Å². The van der Waals surface area contributed by atoms with Crippen molar-refractivity contribution in [2.75, 3.05) is 81.9 Å². The molecule has 4 aromatic rings. The zero-order valence-corrected chi connectivity index (χ0v) is 30.2. The highest BCUT2D eigenvalue weighted by Crippen LogP contribution is 2.40. The summed E-state index contributed by atoms with van der Waals surface area (Å²) in [6.45, 7) is 12.7. The van der Waals surface area contributed by atoms with Gasteiger partial charge in [-0.05, 0) is 74.0 Å². The molecule has 3 atom stereocenters. The van der Waals surface area contributed by atoms with Gasteiger partial charge in [0.15, 0.2) is 0 Å². The molecule has 3 aliphatic heterocycles. The number of aromatic nitrogens is 3. The lowest BCUT2D eigenvalue weighted by atomic mass is 10.0. The van der Waals surface area contributed by atoms with E-state index in [4.69, 9.17) is 37.4 Å². The molecule has 3 aromatic carbocycles. The average molecular weight is 723 g/mol. The first-order chi connectivity index (χ1) is 24.3. The molecule has 3 saturated heterocycles. The molecule has 0 radical (unpaired) electrons. The number of hydrogen-bond acceptors (Lipinski definition) is 9. The van der Waals surface area contributed by atoms with E-state index < -0.39 is 5.79 Å². The molecule has 0 amide bonds. The highest BCUT2D eigenvalue weighted by atomic mass is 35.5. The Morgan fingerprint density at radius 2 is 1.56 bits per heavy atom. The van der Waals surface area contributed by atoms with Crippen LogP contribution in [0.15, 0.2) is 77.9 Å². The van der Waals surface area contributed by atoms with Crippen molar-refractivity contribution >= 4 is 34.6 Å². The number of benzene rings is 3. The first-order valence-corrected chi connectivity index (χ1v) is 18.3. The van der Waals surface area contributed by atoms with Crippen molar-refractivity contribution in [1.82, 2.24) is 24.6 Å². The van der Waals surface area contributed by atoms with E-state index >= 15 is 0 Å². The van der Waals surface area contributed by atoms with Gasteiger partial charge in [-0.3, -0.25) is 4.90 Å². The molecule has 11 nitrogen and oxygen atoms in total. The molecular weight excluding hydrogens is 677 g/mol. The lowest BCUT2D eigenvalue weighted by Crippen LogP contribution is -2.50. The van der Waals surface area contributed by atoms with Gasteiger partial charge in [0.1, 0.15) is 24.8 Å². The highest BCUT2D eigenvalue weighted by molar-refractivity contribution is 6.35. The average Bonchev–Trinajstić information content (AvgIpc) is 3.74. The van der Waals surface area contributed by atoms with E-state index in [0.717, 1.165) is 87.2 Å². The number of nitrogens with zero attached hydrogens (tertiary/aromatic N) is 6. The number of halogens is 2. The van der Waals surface area contributed by atoms with Gasteiger partial charge >= 0.3 is 5.69 Å². The van der Waals surface area contributed by atoms with Gasteiger partial charge in [-0.2, -0.15) is 5.10 Å². The lowest BCUT2D eigenvalue weighted by molar-refractivity contribution is -0.192. The van der Waals surface area contributed by atoms with Gasteiger partial charge in [0.05, 0.1) is 29.9 Å². The number of piperazine rings is 2. The zero-order valence-electron chi connectivity index (χ0n) is 28.6. The standard InChI is InChI=1S/C37H45Cl2N7O4/c1-3-27(2)46-36(47)45(26-41-46)31-7-5-29(6-8-31)43-18-20-44(21-19-43)30-9-11-32(12-10-30)48-23-33-24-49-37(50-33,25-42-16-14-40-15-17-42)34-13-4-28(38)22-35(34)39/h4-13,22,26-27,33,40H,3,14-21,23-25H2,1-2H3/t27?,33-,37-/m1/s1. The molecule has 3 aliphatic rings. The van der Waals surface area contributed by atoms with Gasteiger partial charge in [0, 0.05) is 74.3 Å². The summed E-state index contributed by atoms with van der Waals surface area (Å²) >= 11 is 12.9. The van der Waals surface area contributed by atoms with E-state index in [9.17, 15) is 4.79 Å². The molecule has 0 saturated carbocycles. The molecule has 266 valence electrons. The molecule has 1 unspecified atom stereocenters. The molecule has 1 N–H and O–H groups in total. The van der Waals surface area contributed by atoms with Crippen LogP contribution in [0.25, 0.3) is 5.69 Å². The van der Waals surface area contributed by atoms with Crippen LogP contribution in [0, 0.1) is 0 Å². The van der Waals surface area contributed by atoms with Crippen LogP contribution in [0.5, 0.6) is 5.75 Å². The SMILES string of the molecule is CCC(C)n1ncn(-c2ccc(N3CCN(c4ccc(OC[C@@H]5CO[C@@](CN6CCNCC6)(c6ccc(Cl)cc6Cl)O5)cc4)CC3)cc2)c1=O. The van der Waals surface area contributed by atoms with Crippen LogP contribution in [-0.2, 0) is 15.3 Å². The maximum absolute atomic E-state index is 12.8. The fourth-order valence-corrected chi connectivity index (χ4v) is 7.43. The number of hydrogen-bond donors (Lipinski definition) is 1. The molecule has 0 spiro atoms. The number of rotatable bonds is 11. The fraction of sp³-hybridized carbons (Fsp3) is 0.459. The maximum Gasteiger partial charge on any atom is 0.350 e. The van der Waals surface area contributed by atoms with Crippen LogP contribution >= 0.6 is 23.2 Å². The van der Waals surface area contributed by atoms with Gasteiger partial charge < -0.3 is 29.3 Å². The van der Waals surface area contributed by atoms with Gasteiger partial charge in [-0.1, -0.05) is 36.2 Å². The van der Waals surface area contributed by atoms with Gasteiger partial charge in [0.2, 0.25) is 5.79 Å². The van der Waals surface area contributed by atoms with Crippen molar-refractivity contribution in [2.45, 2.75) is 38.2 Å². The fourth-order valence-electron chi connectivity index (χ4n) is 6.88. The van der Waals surface area contributed by atoms with Crippen LogP contribution in [0.1, 0.15) is 31.9 Å². The smallest absolute Gasteiger partial charge is 0.350 e. The van der Waals surface area contributed by atoms with Gasteiger partial charge in [-0.15, -0.1) is 0 Å². The molecule has 50 heavy (non-hydrogen) atoms. The summed E-state index contributed by atoms with van der Waals surface area (Å²) in [6.07, 6.45) is 2.20. The third-order valence-corrected chi connectivity index (χ3v) is 10.5. The third kappa shape index (κ3) is 7.54. The Balaban J connectivity index is 0.920. The third-order valence-electron chi connectivity index (χ3n) is 9.95. The summed E-state index contributed by atoms with van der Waals surface area (Å²) in [5.74, 6) is -0.202. The van der Waals surface area contributed by atoms with Gasteiger partial charge in [-0.25, -0.2) is 14.0 Å². The minimum atomic E-state index is -0.988. The van der Waals surface area contributed by atoms with Crippen molar-refractivity contribution in [3.63, 3.8) is 0 Å². The predicted molar refractivity (Wildman–Crippen MR) is 197 cm³/mol. The maximum atomic E-state index is 12.8. The van der Waals surface area contributed by atoms with Crippen LogP contribution in [0.3, 0.4) is 0 Å². The summed E-state index contributed by atoms with van der Waals surface area (Å²) in [5, 5.41) is 8.81. The van der Waals surface area contributed by atoms with Crippen molar-refractivity contribution in [3.05, 3.63) is 99.2 Å². The second-order valence-corrected chi connectivity index (χ2v) is 14.1. The Hall–Kier alpha value is -3.58. The summed E-state index contributed by atoms with van der Waals surface area (Å²) in [4.78, 5) is 19.9. The van der Waals surface area contributed by atoms with E-state index in [1.165, 1.54) is 0 Å². The Morgan fingerprint density at radius 1 is 0.920 bits per heavy atom. The summed E-state index contributed by atoms with van der Waals surface area (Å²) in [5.41, 5.74) is 3.81. The number of nitrogens with one attached hydrogen (secondary N) is 1. The molecule has 1 aromatic heterocycles. The highest BCUT2D eigenvalue weighted by Gasteiger charge is 2.46. The largest absolute Gasteiger partial charge is 0.491 e. The minimum Gasteiger partial charge on any atom is -0.491 e. The van der Waals surface area contributed by atoms with Crippen LogP contribution in [0.4, 0.5) is 11.4 Å². The quantitative estimate of drug-likeness (QED) is 0.225. The van der Waals surface area contributed by atoms with Crippen molar-refractivity contribution in [3.8, 4) is 11.4 Å². The van der Waals surface area contributed by atoms with E-state index in [0.29, 0.717) is 29.8 Å². The summed E-state index contributed by atoms with van der Waals surface area (Å²) in [6, 6.07) is 22.0. The van der Waals surface area contributed by atoms with Crippen molar-refractivity contribution < 1.29 is 14.2 Å². The summed E-state index contributed by atoms with van der Waals surface area (Å²) in [7, 11) is 0. The molecule has 0 bridgehead atoms. The van der Waals surface area contributed by atoms with E-state index in [-0.39, 0.29) is 17.8 Å². The molecule has 13 heteroatoms. The second kappa shape index (κ2) is 15.3. The van der Waals surface area contributed by atoms with Crippen molar-refractivity contribution in [1.29, 1.82) is 0 Å². The van der Waals surface area contributed by atoms with Crippen LogP contribution in [-0.4, -0.2) is 97.5 Å². The Kier molecular flexibility index (Phi) is 10.7. The monoisotopic (exact) mass is 721 g/mol. The number of ether oxygens (including phenoxy) is 3. The Morgan fingerprint density at radius 3 is 2.20 bits per heavy atom. The van der Waals surface area contributed by atoms with E-state index in [1.807, 2.05) is 43.3 Å². The molecule has 7 rings (SSSR count). The molecule has 3 fully saturated rings. The van der Waals surface area contributed by atoms with E-state index in [2.05, 4.69) is 56.3 Å².